The first kappa shape index (κ1) is 18.6. The zero-order chi connectivity index (χ0) is 18.6. The average Bonchev–Trinajstić information content (AvgIpc) is 2.62. The predicted octanol–water partition coefficient (Wildman–Crippen LogP) is 2.17. The largest absolute Gasteiger partial charge is 0.480 e. The summed E-state index contributed by atoms with van der Waals surface area (Å²) in [5.41, 5.74) is 1.85. The van der Waals surface area contributed by atoms with Gasteiger partial charge in [0.25, 0.3) is 0 Å². The summed E-state index contributed by atoms with van der Waals surface area (Å²) in [5, 5.41) is 0. The summed E-state index contributed by atoms with van der Waals surface area (Å²) in [7, 11) is -1.89. The summed E-state index contributed by atoms with van der Waals surface area (Å²) in [6.07, 6.45) is 4.26. The van der Waals surface area contributed by atoms with Crippen molar-refractivity contribution in [3.63, 3.8) is 0 Å². The second-order valence-corrected chi connectivity index (χ2v) is 8.35. The zero-order valence-electron chi connectivity index (χ0n) is 15.0. The molecular formula is C18H23N3O4S. The molecule has 8 heteroatoms. The minimum atomic E-state index is -3.40. The summed E-state index contributed by atoms with van der Waals surface area (Å²) < 4.78 is 38.0. The van der Waals surface area contributed by atoms with Crippen molar-refractivity contribution in [3.05, 3.63) is 47.8 Å². The van der Waals surface area contributed by atoms with Crippen LogP contribution in [0.15, 0.2) is 36.7 Å². The number of hydrogen-bond acceptors (Lipinski definition) is 6. The highest BCUT2D eigenvalue weighted by Gasteiger charge is 2.30. The Labute approximate surface area is 154 Å². The molecule has 0 spiro atoms. The Morgan fingerprint density at radius 3 is 2.85 bits per heavy atom. The molecule has 26 heavy (non-hydrogen) atoms. The van der Waals surface area contributed by atoms with Gasteiger partial charge >= 0.3 is 0 Å². The molecule has 7 nitrogen and oxygen atoms in total. The van der Waals surface area contributed by atoms with Gasteiger partial charge in [-0.3, -0.25) is 4.98 Å². The molecule has 0 amide bonds. The Balaban J connectivity index is 1.67. The van der Waals surface area contributed by atoms with Crippen LogP contribution >= 0.6 is 0 Å². The third kappa shape index (κ3) is 4.70. The number of piperidine rings is 1. The summed E-state index contributed by atoms with van der Waals surface area (Å²) in [5.74, 6) is 0.704. The minimum Gasteiger partial charge on any atom is -0.480 e. The second-order valence-electron chi connectivity index (χ2n) is 6.39. The summed E-state index contributed by atoms with van der Waals surface area (Å²) in [6.45, 7) is 2.78. The highest BCUT2D eigenvalue weighted by molar-refractivity contribution is 7.88. The quantitative estimate of drug-likeness (QED) is 0.767. The van der Waals surface area contributed by atoms with Gasteiger partial charge in [0, 0.05) is 6.54 Å². The molecule has 140 valence electrons. The van der Waals surface area contributed by atoms with Crippen LogP contribution < -0.4 is 9.47 Å². The van der Waals surface area contributed by atoms with Gasteiger partial charge in [-0.1, -0.05) is 29.8 Å². The number of hydrogen-bond donors (Lipinski definition) is 0. The van der Waals surface area contributed by atoms with Crippen molar-refractivity contribution in [2.45, 2.75) is 31.6 Å². The number of aromatic nitrogens is 2. The van der Waals surface area contributed by atoms with Crippen molar-refractivity contribution in [3.8, 4) is 11.8 Å². The molecule has 1 unspecified atom stereocenters. The maximum atomic E-state index is 12.8. The van der Waals surface area contributed by atoms with Gasteiger partial charge in [0.1, 0.15) is 6.10 Å². The molecule has 1 saturated heterocycles. The van der Waals surface area contributed by atoms with Crippen molar-refractivity contribution in [1.29, 1.82) is 0 Å². The monoisotopic (exact) mass is 377 g/mol. The van der Waals surface area contributed by atoms with Crippen molar-refractivity contribution >= 4 is 10.0 Å². The van der Waals surface area contributed by atoms with E-state index in [0.717, 1.165) is 24.0 Å². The highest BCUT2D eigenvalue weighted by Crippen LogP contribution is 2.21. The Hall–Kier alpha value is -2.19. The molecule has 0 saturated carbocycles. The summed E-state index contributed by atoms with van der Waals surface area (Å²) in [4.78, 5) is 8.18. The van der Waals surface area contributed by atoms with Crippen LogP contribution in [0.3, 0.4) is 0 Å². The van der Waals surface area contributed by atoms with E-state index >= 15 is 0 Å². The Morgan fingerprint density at radius 1 is 1.27 bits per heavy atom. The lowest BCUT2D eigenvalue weighted by molar-refractivity contribution is 0.123. The molecule has 1 aromatic heterocycles. The Bertz CT molecular complexity index is 857. The number of rotatable bonds is 6. The number of ether oxygens (including phenoxy) is 2. The number of methoxy groups -OCH3 is 1. The minimum absolute atomic E-state index is 0.000362. The van der Waals surface area contributed by atoms with Crippen LogP contribution in [-0.2, 0) is 15.8 Å². The molecule has 1 aliphatic heterocycles. The van der Waals surface area contributed by atoms with Crippen LogP contribution in [0.25, 0.3) is 0 Å². The SMILES string of the molecule is COc1cncc(OC2CCCN(S(=O)(=O)Cc3cccc(C)c3)C2)n1. The van der Waals surface area contributed by atoms with E-state index < -0.39 is 10.0 Å². The summed E-state index contributed by atoms with van der Waals surface area (Å²) >= 11 is 0. The van der Waals surface area contributed by atoms with Gasteiger partial charge in [-0.05, 0) is 25.3 Å². The standard InChI is InChI=1S/C18H23N3O4S/c1-14-5-3-6-15(9-14)13-26(22,23)21-8-4-7-16(12-21)25-18-11-19-10-17(20-18)24-2/h3,5-6,9-11,16H,4,7-8,12-13H2,1-2H3. The zero-order valence-corrected chi connectivity index (χ0v) is 15.8. The highest BCUT2D eigenvalue weighted by atomic mass is 32.2. The fourth-order valence-corrected chi connectivity index (χ4v) is 4.60. The predicted molar refractivity (Wildman–Crippen MR) is 97.6 cm³/mol. The molecule has 3 rings (SSSR count). The van der Waals surface area contributed by atoms with Crippen LogP contribution in [0, 0.1) is 6.92 Å². The normalized spacial score (nSPS) is 18.5. The lowest BCUT2D eigenvalue weighted by Crippen LogP contribution is -2.44. The van der Waals surface area contributed by atoms with Gasteiger partial charge in [0.15, 0.2) is 0 Å². The molecular weight excluding hydrogens is 354 g/mol. The third-order valence-electron chi connectivity index (χ3n) is 4.25. The lowest BCUT2D eigenvalue weighted by Gasteiger charge is -2.31. The fraction of sp³-hybridized carbons (Fsp3) is 0.444. The molecule has 0 aliphatic carbocycles. The van der Waals surface area contributed by atoms with E-state index in [9.17, 15) is 8.42 Å². The summed E-state index contributed by atoms with van der Waals surface area (Å²) in [6, 6.07) is 7.58. The van der Waals surface area contributed by atoms with Gasteiger partial charge in [0.2, 0.25) is 21.8 Å². The van der Waals surface area contributed by atoms with E-state index in [0.29, 0.717) is 24.8 Å². The van der Waals surface area contributed by atoms with Crippen LogP contribution in [0.4, 0.5) is 0 Å². The first-order valence-electron chi connectivity index (χ1n) is 8.52. The van der Waals surface area contributed by atoms with E-state index in [1.807, 2.05) is 31.2 Å². The molecule has 2 aromatic rings. The second kappa shape index (κ2) is 8.01. The first-order valence-corrected chi connectivity index (χ1v) is 10.1. The third-order valence-corrected chi connectivity index (χ3v) is 6.07. The van der Waals surface area contributed by atoms with Gasteiger partial charge < -0.3 is 9.47 Å². The topological polar surface area (TPSA) is 81.6 Å². The number of sulfonamides is 1. The van der Waals surface area contributed by atoms with Crippen LogP contribution in [0.5, 0.6) is 11.8 Å². The van der Waals surface area contributed by atoms with E-state index in [2.05, 4.69) is 9.97 Å². The van der Waals surface area contributed by atoms with Crippen molar-refractivity contribution in [1.82, 2.24) is 14.3 Å². The van der Waals surface area contributed by atoms with Crippen molar-refractivity contribution in [2.75, 3.05) is 20.2 Å². The van der Waals surface area contributed by atoms with Gasteiger partial charge in [0.05, 0.1) is 31.8 Å². The first-order chi connectivity index (χ1) is 12.5. The molecule has 1 atom stereocenters. The molecule has 0 N–H and O–H groups in total. The van der Waals surface area contributed by atoms with E-state index in [1.54, 1.807) is 0 Å². The van der Waals surface area contributed by atoms with Gasteiger partial charge in [-0.25, -0.2) is 8.42 Å². The lowest BCUT2D eigenvalue weighted by atomic mass is 10.1. The number of benzene rings is 1. The molecule has 2 heterocycles. The maximum Gasteiger partial charge on any atom is 0.235 e. The molecule has 1 aliphatic rings. The van der Waals surface area contributed by atoms with E-state index in [-0.39, 0.29) is 11.9 Å². The van der Waals surface area contributed by atoms with Crippen LogP contribution in [0.1, 0.15) is 24.0 Å². The van der Waals surface area contributed by atoms with Crippen molar-refractivity contribution in [2.24, 2.45) is 0 Å². The van der Waals surface area contributed by atoms with Crippen LogP contribution in [-0.4, -0.2) is 49.0 Å². The fourth-order valence-electron chi connectivity index (χ4n) is 3.01. The number of aryl methyl sites for hydroxylation is 1. The smallest absolute Gasteiger partial charge is 0.235 e. The average molecular weight is 377 g/mol. The van der Waals surface area contributed by atoms with Gasteiger partial charge in [-0.2, -0.15) is 9.29 Å². The van der Waals surface area contributed by atoms with Crippen molar-refractivity contribution < 1.29 is 17.9 Å². The molecule has 0 radical (unpaired) electrons. The molecule has 1 aromatic carbocycles. The maximum absolute atomic E-state index is 12.8. The molecule has 0 bridgehead atoms. The number of nitrogens with zero attached hydrogens (tertiary/aromatic N) is 3. The van der Waals surface area contributed by atoms with Crippen LogP contribution in [0.2, 0.25) is 0 Å². The molecule has 1 fully saturated rings. The van der Waals surface area contributed by atoms with E-state index in [1.165, 1.54) is 23.8 Å². The Kier molecular flexibility index (Phi) is 5.73. The van der Waals surface area contributed by atoms with Gasteiger partial charge in [-0.15, -0.1) is 0 Å². The van der Waals surface area contributed by atoms with E-state index in [4.69, 9.17) is 9.47 Å². The Morgan fingerprint density at radius 2 is 2.08 bits per heavy atom.